The number of benzene rings is 2. The molecule has 194 valence electrons. The number of fused-ring (bicyclic) bond motifs is 1. The molecule has 4 aromatic rings. The lowest BCUT2D eigenvalue weighted by molar-refractivity contribution is -0.113. The lowest BCUT2D eigenvalue weighted by Gasteiger charge is -2.24. The average Bonchev–Trinajstić information content (AvgIpc) is 3.55. The Balaban J connectivity index is 1.58. The molecule has 0 bridgehead atoms. The maximum Gasteiger partial charge on any atom is 0.271 e. The van der Waals surface area contributed by atoms with Crippen molar-refractivity contribution in [2.24, 2.45) is 4.99 Å². The zero-order valence-electron chi connectivity index (χ0n) is 21.9. The van der Waals surface area contributed by atoms with E-state index in [9.17, 15) is 9.59 Å². The zero-order chi connectivity index (χ0) is 26.8. The zero-order valence-corrected chi connectivity index (χ0v) is 23.5. The molecule has 2 aromatic carbocycles. The Bertz CT molecular complexity index is 1680. The third-order valence-electron chi connectivity index (χ3n) is 6.79. The average molecular weight is 543 g/mol. The second kappa shape index (κ2) is 10.9. The summed E-state index contributed by atoms with van der Waals surface area (Å²) in [6.45, 7) is 9.96. The van der Waals surface area contributed by atoms with E-state index < -0.39 is 6.04 Å². The lowest BCUT2D eigenvalue weighted by atomic mass is 10.0. The van der Waals surface area contributed by atoms with Crippen LogP contribution in [-0.2, 0) is 4.79 Å². The van der Waals surface area contributed by atoms with Gasteiger partial charge in [0.25, 0.3) is 11.5 Å². The van der Waals surface area contributed by atoms with Gasteiger partial charge < -0.3 is 10.2 Å². The van der Waals surface area contributed by atoms with Crippen molar-refractivity contribution < 1.29 is 4.79 Å². The van der Waals surface area contributed by atoms with Gasteiger partial charge in [-0.1, -0.05) is 47.7 Å². The molecule has 0 aliphatic carbocycles. The predicted molar refractivity (Wildman–Crippen MR) is 158 cm³/mol. The maximum absolute atomic E-state index is 13.8. The standard InChI is InChI=1S/C30H30N4O2S2/c1-5-33(6-2)22-15-13-21(14-16-22)18-25-29(36)34-27(24-12-9-17-37-24)26(20(4)31-30(34)38-25)28(35)32-23-11-8-7-10-19(23)3/h7-18,27H,5-6H2,1-4H3,(H,32,35). The summed E-state index contributed by atoms with van der Waals surface area (Å²) in [6, 6.07) is 19.3. The molecule has 0 saturated heterocycles. The topological polar surface area (TPSA) is 66.7 Å². The van der Waals surface area contributed by atoms with Gasteiger partial charge >= 0.3 is 0 Å². The van der Waals surface area contributed by atoms with Gasteiger partial charge in [0.05, 0.1) is 15.8 Å². The highest BCUT2D eigenvalue weighted by Gasteiger charge is 2.33. The highest BCUT2D eigenvalue weighted by molar-refractivity contribution is 7.10. The first-order valence-electron chi connectivity index (χ1n) is 12.7. The predicted octanol–water partition coefficient (Wildman–Crippen LogP) is 5.09. The number of allylic oxidation sites excluding steroid dienone is 1. The fraction of sp³-hybridized carbons (Fsp3) is 0.233. The summed E-state index contributed by atoms with van der Waals surface area (Å²) < 4.78 is 2.26. The number of aromatic nitrogens is 1. The summed E-state index contributed by atoms with van der Waals surface area (Å²) in [7, 11) is 0. The molecule has 1 aliphatic rings. The molecular weight excluding hydrogens is 512 g/mol. The van der Waals surface area contributed by atoms with Gasteiger partial charge in [0.2, 0.25) is 0 Å². The number of thiophene rings is 1. The van der Waals surface area contributed by atoms with Gasteiger partial charge in [0.15, 0.2) is 4.80 Å². The fourth-order valence-electron chi connectivity index (χ4n) is 4.75. The van der Waals surface area contributed by atoms with E-state index in [2.05, 4.69) is 36.2 Å². The monoisotopic (exact) mass is 542 g/mol. The summed E-state index contributed by atoms with van der Waals surface area (Å²) >= 11 is 2.89. The highest BCUT2D eigenvalue weighted by Crippen LogP contribution is 2.33. The summed E-state index contributed by atoms with van der Waals surface area (Å²) in [5.74, 6) is -0.250. The normalized spacial score (nSPS) is 15.3. The number of rotatable bonds is 7. The Morgan fingerprint density at radius 2 is 1.79 bits per heavy atom. The van der Waals surface area contributed by atoms with Crippen LogP contribution in [0.4, 0.5) is 11.4 Å². The Hall–Kier alpha value is -3.75. The van der Waals surface area contributed by atoms with Crippen molar-refractivity contribution >= 4 is 46.0 Å². The number of carbonyl (C=O) groups is 1. The molecule has 3 heterocycles. The third-order valence-corrected chi connectivity index (χ3v) is 8.70. The van der Waals surface area contributed by atoms with E-state index in [0.717, 1.165) is 40.5 Å². The molecule has 1 unspecified atom stereocenters. The Kier molecular flexibility index (Phi) is 7.44. The highest BCUT2D eigenvalue weighted by atomic mass is 32.1. The van der Waals surface area contributed by atoms with Gasteiger partial charge in [-0.3, -0.25) is 14.2 Å². The van der Waals surface area contributed by atoms with Crippen LogP contribution in [0, 0.1) is 6.92 Å². The smallest absolute Gasteiger partial charge is 0.271 e. The number of hydrogen-bond acceptors (Lipinski definition) is 6. The number of carbonyl (C=O) groups excluding carboxylic acids is 1. The van der Waals surface area contributed by atoms with Gasteiger partial charge in [0, 0.05) is 29.3 Å². The quantitative estimate of drug-likeness (QED) is 0.354. The van der Waals surface area contributed by atoms with E-state index in [1.807, 2.05) is 73.8 Å². The van der Waals surface area contributed by atoms with Crippen LogP contribution < -0.4 is 25.1 Å². The minimum atomic E-state index is -0.539. The van der Waals surface area contributed by atoms with E-state index in [-0.39, 0.29) is 11.5 Å². The molecule has 8 heteroatoms. The van der Waals surface area contributed by atoms with Crippen LogP contribution in [0.3, 0.4) is 0 Å². The third kappa shape index (κ3) is 4.89. The van der Waals surface area contributed by atoms with Gasteiger partial charge in [-0.05, 0) is 74.5 Å². The number of aryl methyl sites for hydroxylation is 1. The van der Waals surface area contributed by atoms with Crippen LogP contribution in [0.1, 0.15) is 42.8 Å². The summed E-state index contributed by atoms with van der Waals surface area (Å²) in [5, 5.41) is 5.01. The molecule has 38 heavy (non-hydrogen) atoms. The molecule has 5 rings (SSSR count). The summed E-state index contributed by atoms with van der Waals surface area (Å²) in [5.41, 5.74) is 4.78. The first-order valence-corrected chi connectivity index (χ1v) is 14.4. The molecule has 2 aromatic heterocycles. The molecule has 0 spiro atoms. The second-order valence-corrected chi connectivity index (χ2v) is 11.1. The van der Waals surface area contributed by atoms with Crippen molar-refractivity contribution in [3.05, 3.63) is 113 Å². The van der Waals surface area contributed by atoms with Crippen LogP contribution >= 0.6 is 22.7 Å². The van der Waals surface area contributed by atoms with Gasteiger partial charge in [-0.25, -0.2) is 4.99 Å². The molecule has 0 fully saturated rings. The van der Waals surface area contributed by atoms with Crippen molar-refractivity contribution in [2.45, 2.75) is 33.7 Å². The van der Waals surface area contributed by atoms with E-state index in [0.29, 0.717) is 20.6 Å². The van der Waals surface area contributed by atoms with Crippen molar-refractivity contribution in [1.82, 2.24) is 4.57 Å². The number of nitrogens with zero attached hydrogens (tertiary/aromatic N) is 3. The second-order valence-electron chi connectivity index (χ2n) is 9.13. The summed E-state index contributed by atoms with van der Waals surface area (Å²) in [4.78, 5) is 36.0. The number of thiazole rings is 1. The van der Waals surface area contributed by atoms with Crippen LogP contribution in [0.5, 0.6) is 0 Å². The SMILES string of the molecule is CCN(CC)c1ccc(C=c2sc3n(c2=O)C(c2cccs2)C(C(=O)Nc2ccccc2C)=C(C)N=3)cc1. The van der Waals surface area contributed by atoms with E-state index in [4.69, 9.17) is 4.99 Å². The molecular formula is C30H30N4O2S2. The Morgan fingerprint density at radius 3 is 2.45 bits per heavy atom. The van der Waals surface area contributed by atoms with Crippen LogP contribution in [-0.4, -0.2) is 23.6 Å². The van der Waals surface area contributed by atoms with Gasteiger partial charge in [0.1, 0.15) is 6.04 Å². The molecule has 1 atom stereocenters. The van der Waals surface area contributed by atoms with Crippen molar-refractivity contribution in [1.29, 1.82) is 0 Å². The minimum absolute atomic E-state index is 0.145. The van der Waals surface area contributed by atoms with Crippen molar-refractivity contribution in [3.63, 3.8) is 0 Å². The fourth-order valence-corrected chi connectivity index (χ4v) is 6.62. The molecule has 1 N–H and O–H groups in total. The molecule has 1 amide bonds. The number of amides is 1. The number of anilines is 2. The van der Waals surface area contributed by atoms with E-state index >= 15 is 0 Å². The number of hydrogen-bond donors (Lipinski definition) is 1. The van der Waals surface area contributed by atoms with Crippen molar-refractivity contribution in [3.8, 4) is 0 Å². The van der Waals surface area contributed by atoms with E-state index in [1.54, 1.807) is 4.57 Å². The largest absolute Gasteiger partial charge is 0.372 e. The van der Waals surface area contributed by atoms with Crippen molar-refractivity contribution in [2.75, 3.05) is 23.3 Å². The maximum atomic E-state index is 13.8. The van der Waals surface area contributed by atoms with Crippen LogP contribution in [0.2, 0.25) is 0 Å². The summed E-state index contributed by atoms with van der Waals surface area (Å²) in [6.07, 6.45) is 1.91. The van der Waals surface area contributed by atoms with Crippen LogP contribution in [0.15, 0.2) is 87.1 Å². The Labute approximate surface area is 229 Å². The molecule has 1 aliphatic heterocycles. The molecule has 0 radical (unpaired) electrons. The van der Waals surface area contributed by atoms with E-state index in [1.165, 1.54) is 22.7 Å². The number of para-hydroxylation sites is 1. The lowest BCUT2D eigenvalue weighted by Crippen LogP contribution is -2.40. The minimum Gasteiger partial charge on any atom is -0.372 e. The first-order chi connectivity index (χ1) is 18.4. The van der Waals surface area contributed by atoms with Gasteiger partial charge in [-0.15, -0.1) is 11.3 Å². The molecule has 0 saturated carbocycles. The van der Waals surface area contributed by atoms with Crippen LogP contribution in [0.25, 0.3) is 6.08 Å². The Morgan fingerprint density at radius 1 is 1.05 bits per heavy atom. The van der Waals surface area contributed by atoms with Gasteiger partial charge in [-0.2, -0.15) is 0 Å². The number of nitrogens with one attached hydrogen (secondary N) is 1. The first kappa shape index (κ1) is 25.9. The molecule has 6 nitrogen and oxygen atoms in total.